The van der Waals surface area contributed by atoms with Crippen molar-refractivity contribution >= 4 is 0 Å². The van der Waals surface area contributed by atoms with Gasteiger partial charge in [0.25, 0.3) is 0 Å². The summed E-state index contributed by atoms with van der Waals surface area (Å²) in [6.45, 7) is 3.15. The molecule has 0 saturated heterocycles. The number of ether oxygens (including phenoxy) is 1. The van der Waals surface area contributed by atoms with Gasteiger partial charge in [0, 0.05) is 17.8 Å². The van der Waals surface area contributed by atoms with Crippen LogP contribution in [0.3, 0.4) is 0 Å². The van der Waals surface area contributed by atoms with E-state index in [1.165, 1.54) is 12.8 Å². The van der Waals surface area contributed by atoms with E-state index in [-0.39, 0.29) is 0 Å². The van der Waals surface area contributed by atoms with Crippen LogP contribution in [0.4, 0.5) is 0 Å². The number of H-pyrrole nitrogens is 1. The summed E-state index contributed by atoms with van der Waals surface area (Å²) in [7, 11) is 0. The molecular weight excluding hydrogens is 230 g/mol. The van der Waals surface area contributed by atoms with Gasteiger partial charge in [0.1, 0.15) is 18.1 Å². The number of nitrogens with one attached hydrogen (secondary N) is 2. The van der Waals surface area contributed by atoms with Crippen molar-refractivity contribution in [3.05, 3.63) is 35.4 Å². The lowest BCUT2D eigenvalue weighted by atomic mass is 10.4. The Balaban J connectivity index is 1.49. The van der Waals surface area contributed by atoms with Crippen molar-refractivity contribution in [1.82, 2.24) is 15.5 Å². The van der Waals surface area contributed by atoms with E-state index in [0.29, 0.717) is 18.5 Å². The Labute approximate surface area is 106 Å². The van der Waals surface area contributed by atoms with Crippen LogP contribution in [0.25, 0.3) is 0 Å². The van der Waals surface area contributed by atoms with Gasteiger partial charge in [0.15, 0.2) is 0 Å². The second kappa shape index (κ2) is 4.86. The molecule has 96 valence electrons. The molecule has 3 rings (SSSR count). The standard InChI is InChI=1S/C13H17N3O2/c1-9-6-13(16-15-9)17-8-12-5-4-11(18-12)7-14-10-2-3-10/h4-6,10,14H,2-3,7-8H2,1H3,(H,15,16). The molecule has 5 nitrogen and oxygen atoms in total. The first-order valence-electron chi connectivity index (χ1n) is 6.25. The average molecular weight is 247 g/mol. The van der Waals surface area contributed by atoms with E-state index in [1.54, 1.807) is 0 Å². The Kier molecular flexibility index (Phi) is 3.06. The first-order valence-corrected chi connectivity index (χ1v) is 6.25. The molecular formula is C13H17N3O2. The van der Waals surface area contributed by atoms with Crippen molar-refractivity contribution in [2.75, 3.05) is 0 Å². The molecule has 2 N–H and O–H groups in total. The highest BCUT2D eigenvalue weighted by Crippen LogP contribution is 2.20. The Morgan fingerprint density at radius 1 is 1.44 bits per heavy atom. The van der Waals surface area contributed by atoms with Crippen LogP contribution in [0.2, 0.25) is 0 Å². The van der Waals surface area contributed by atoms with Crippen LogP contribution in [0.15, 0.2) is 22.6 Å². The first-order chi connectivity index (χ1) is 8.79. The van der Waals surface area contributed by atoms with Crippen LogP contribution >= 0.6 is 0 Å². The van der Waals surface area contributed by atoms with Gasteiger partial charge < -0.3 is 14.5 Å². The highest BCUT2D eigenvalue weighted by Gasteiger charge is 2.20. The maximum atomic E-state index is 5.66. The molecule has 0 aromatic carbocycles. The molecule has 2 aromatic heterocycles. The molecule has 0 amide bonds. The lowest BCUT2D eigenvalue weighted by Gasteiger charge is -2.00. The minimum absolute atomic E-state index is 0.410. The quantitative estimate of drug-likeness (QED) is 0.821. The number of hydrogen-bond donors (Lipinski definition) is 2. The number of hydrogen-bond acceptors (Lipinski definition) is 4. The van der Waals surface area contributed by atoms with Gasteiger partial charge >= 0.3 is 0 Å². The summed E-state index contributed by atoms with van der Waals surface area (Å²) in [4.78, 5) is 0. The van der Waals surface area contributed by atoms with E-state index in [9.17, 15) is 0 Å². The number of aromatic amines is 1. The number of furan rings is 1. The third-order valence-corrected chi connectivity index (χ3v) is 2.90. The van der Waals surface area contributed by atoms with E-state index < -0.39 is 0 Å². The Bertz CT molecular complexity index is 514. The molecule has 1 aliphatic carbocycles. The maximum Gasteiger partial charge on any atom is 0.233 e. The molecule has 18 heavy (non-hydrogen) atoms. The maximum absolute atomic E-state index is 5.66. The van der Waals surface area contributed by atoms with Gasteiger partial charge in [-0.05, 0) is 31.9 Å². The largest absolute Gasteiger partial charge is 0.468 e. The normalized spacial score (nSPS) is 14.9. The van der Waals surface area contributed by atoms with E-state index in [4.69, 9.17) is 9.15 Å². The summed E-state index contributed by atoms with van der Waals surface area (Å²) in [5, 5.41) is 10.2. The molecule has 2 heterocycles. The summed E-state index contributed by atoms with van der Waals surface area (Å²) in [5.41, 5.74) is 0.985. The fourth-order valence-corrected chi connectivity index (χ4v) is 1.74. The topological polar surface area (TPSA) is 63.1 Å². The van der Waals surface area contributed by atoms with Crippen molar-refractivity contribution in [3.8, 4) is 5.88 Å². The predicted molar refractivity (Wildman–Crippen MR) is 66.2 cm³/mol. The van der Waals surface area contributed by atoms with E-state index in [0.717, 1.165) is 23.8 Å². The molecule has 0 spiro atoms. The SMILES string of the molecule is Cc1cc(OCc2ccc(CNC3CC3)o2)n[nH]1. The smallest absolute Gasteiger partial charge is 0.233 e. The monoisotopic (exact) mass is 247 g/mol. The van der Waals surface area contributed by atoms with Crippen molar-refractivity contribution in [2.24, 2.45) is 0 Å². The Morgan fingerprint density at radius 3 is 3.00 bits per heavy atom. The Hall–Kier alpha value is -1.75. The highest BCUT2D eigenvalue weighted by molar-refractivity contribution is 5.13. The van der Waals surface area contributed by atoms with Crippen molar-refractivity contribution in [3.63, 3.8) is 0 Å². The third kappa shape index (κ3) is 2.92. The minimum Gasteiger partial charge on any atom is -0.468 e. The van der Waals surface area contributed by atoms with Gasteiger partial charge in [-0.3, -0.25) is 5.10 Å². The molecule has 1 aliphatic rings. The highest BCUT2D eigenvalue weighted by atomic mass is 16.5. The van der Waals surface area contributed by atoms with Crippen LogP contribution in [0.5, 0.6) is 5.88 Å². The summed E-state index contributed by atoms with van der Waals surface area (Å²) < 4.78 is 11.2. The molecule has 0 bridgehead atoms. The summed E-state index contributed by atoms with van der Waals surface area (Å²) in [6.07, 6.45) is 2.57. The lowest BCUT2D eigenvalue weighted by molar-refractivity contribution is 0.255. The van der Waals surface area contributed by atoms with E-state index >= 15 is 0 Å². The van der Waals surface area contributed by atoms with Gasteiger partial charge in [0.2, 0.25) is 5.88 Å². The van der Waals surface area contributed by atoms with Crippen molar-refractivity contribution in [1.29, 1.82) is 0 Å². The van der Waals surface area contributed by atoms with Gasteiger partial charge in [-0.25, -0.2) is 0 Å². The fourth-order valence-electron chi connectivity index (χ4n) is 1.74. The second-order valence-corrected chi connectivity index (χ2v) is 4.70. The molecule has 5 heteroatoms. The molecule has 2 aromatic rings. The summed E-state index contributed by atoms with van der Waals surface area (Å²) in [5.74, 6) is 2.38. The van der Waals surface area contributed by atoms with Gasteiger partial charge in [-0.2, -0.15) is 0 Å². The number of rotatable bonds is 6. The third-order valence-electron chi connectivity index (χ3n) is 2.90. The van der Waals surface area contributed by atoms with Crippen LogP contribution < -0.4 is 10.1 Å². The number of aromatic nitrogens is 2. The van der Waals surface area contributed by atoms with Crippen LogP contribution in [0.1, 0.15) is 30.1 Å². The number of aryl methyl sites for hydroxylation is 1. The van der Waals surface area contributed by atoms with Gasteiger partial charge in [-0.1, -0.05) is 0 Å². The lowest BCUT2D eigenvalue weighted by Crippen LogP contribution is -2.14. The van der Waals surface area contributed by atoms with E-state index in [2.05, 4.69) is 15.5 Å². The average Bonchev–Trinajstić information content (AvgIpc) is 2.93. The molecule has 1 saturated carbocycles. The van der Waals surface area contributed by atoms with Gasteiger partial charge in [-0.15, -0.1) is 5.10 Å². The zero-order valence-electron chi connectivity index (χ0n) is 10.4. The molecule has 0 radical (unpaired) electrons. The van der Waals surface area contributed by atoms with Crippen molar-refractivity contribution in [2.45, 2.75) is 39.0 Å². The molecule has 0 unspecified atom stereocenters. The Morgan fingerprint density at radius 2 is 2.28 bits per heavy atom. The zero-order valence-corrected chi connectivity index (χ0v) is 10.4. The molecule has 0 aliphatic heterocycles. The molecule has 1 fully saturated rings. The number of nitrogens with zero attached hydrogens (tertiary/aromatic N) is 1. The second-order valence-electron chi connectivity index (χ2n) is 4.70. The van der Waals surface area contributed by atoms with Crippen molar-refractivity contribution < 1.29 is 9.15 Å². The summed E-state index contributed by atoms with van der Waals surface area (Å²) >= 11 is 0. The van der Waals surface area contributed by atoms with E-state index in [1.807, 2.05) is 25.1 Å². The molecule has 0 atom stereocenters. The fraction of sp³-hybridized carbons (Fsp3) is 0.462. The predicted octanol–water partition coefficient (Wildman–Crippen LogP) is 2.14. The zero-order chi connectivity index (χ0) is 12.4. The van der Waals surface area contributed by atoms with Crippen LogP contribution in [0, 0.1) is 6.92 Å². The van der Waals surface area contributed by atoms with Gasteiger partial charge in [0.05, 0.1) is 6.54 Å². The minimum atomic E-state index is 0.410. The summed E-state index contributed by atoms with van der Waals surface area (Å²) in [6, 6.07) is 6.49. The van der Waals surface area contributed by atoms with Crippen LogP contribution in [-0.4, -0.2) is 16.2 Å². The first kappa shape index (κ1) is 11.3. The van der Waals surface area contributed by atoms with Crippen LogP contribution in [-0.2, 0) is 13.2 Å².